The first-order valence-corrected chi connectivity index (χ1v) is 5.55. The highest BCUT2D eigenvalue weighted by molar-refractivity contribution is 5.36. The molecule has 90 valence electrons. The van der Waals surface area contributed by atoms with E-state index in [-0.39, 0.29) is 5.54 Å². The second-order valence-corrected chi connectivity index (χ2v) is 4.90. The summed E-state index contributed by atoms with van der Waals surface area (Å²) >= 11 is 0. The molecule has 0 radical (unpaired) electrons. The molecule has 3 N–H and O–H groups in total. The Kier molecular flexibility index (Phi) is 4.33. The first-order valence-electron chi connectivity index (χ1n) is 5.55. The van der Waals surface area contributed by atoms with Gasteiger partial charge in [-0.1, -0.05) is 12.1 Å². The summed E-state index contributed by atoms with van der Waals surface area (Å²) in [6.07, 6.45) is 0. The van der Waals surface area contributed by atoms with Gasteiger partial charge in [0.2, 0.25) is 0 Å². The van der Waals surface area contributed by atoms with Crippen molar-refractivity contribution >= 4 is 0 Å². The van der Waals surface area contributed by atoms with Gasteiger partial charge in [0.1, 0.15) is 5.75 Å². The van der Waals surface area contributed by atoms with Crippen LogP contribution in [-0.2, 0) is 6.54 Å². The topological polar surface area (TPSA) is 47.3 Å². The zero-order valence-corrected chi connectivity index (χ0v) is 10.6. The van der Waals surface area contributed by atoms with Gasteiger partial charge in [0.05, 0.1) is 7.11 Å². The smallest absolute Gasteiger partial charge is 0.121 e. The summed E-state index contributed by atoms with van der Waals surface area (Å²) in [5, 5.41) is 3.34. The number of hydrogen-bond donors (Lipinski definition) is 2. The molecule has 0 aliphatic rings. The van der Waals surface area contributed by atoms with Crippen molar-refractivity contribution in [1.29, 1.82) is 0 Å². The number of methoxy groups -OCH3 is 1. The molecule has 0 fully saturated rings. The van der Waals surface area contributed by atoms with E-state index in [4.69, 9.17) is 10.5 Å². The van der Waals surface area contributed by atoms with E-state index < -0.39 is 0 Å². The van der Waals surface area contributed by atoms with E-state index in [1.54, 1.807) is 7.11 Å². The van der Waals surface area contributed by atoms with Gasteiger partial charge in [-0.15, -0.1) is 0 Å². The van der Waals surface area contributed by atoms with Crippen molar-refractivity contribution in [2.24, 2.45) is 5.73 Å². The number of hydrogen-bond acceptors (Lipinski definition) is 3. The highest BCUT2D eigenvalue weighted by Crippen LogP contribution is 2.18. The Bertz CT molecular complexity index is 342. The third-order valence-electron chi connectivity index (χ3n) is 2.37. The molecule has 0 unspecified atom stereocenters. The average Bonchev–Trinajstić information content (AvgIpc) is 2.16. The summed E-state index contributed by atoms with van der Waals surface area (Å²) in [4.78, 5) is 0. The van der Waals surface area contributed by atoms with Gasteiger partial charge in [-0.25, -0.2) is 0 Å². The lowest BCUT2D eigenvalue weighted by Crippen LogP contribution is -2.42. The summed E-state index contributed by atoms with van der Waals surface area (Å²) in [6, 6.07) is 6.21. The molecule has 0 aliphatic carbocycles. The Labute approximate surface area is 98.0 Å². The Balaban J connectivity index is 2.52. The Morgan fingerprint density at radius 2 is 2.06 bits per heavy atom. The second-order valence-electron chi connectivity index (χ2n) is 4.90. The SMILES string of the molecule is COc1ccc(CNCC(C)(C)N)cc1C. The molecule has 0 saturated carbocycles. The van der Waals surface area contributed by atoms with Gasteiger partial charge in [-0.05, 0) is 38.0 Å². The van der Waals surface area contributed by atoms with Gasteiger partial charge in [-0.3, -0.25) is 0 Å². The standard InChI is InChI=1S/C13H22N2O/c1-10-7-11(5-6-12(10)16-4)8-15-9-13(2,3)14/h5-7,15H,8-9,14H2,1-4H3. The molecule has 16 heavy (non-hydrogen) atoms. The van der Waals surface area contributed by atoms with E-state index in [0.29, 0.717) is 0 Å². The predicted molar refractivity (Wildman–Crippen MR) is 67.7 cm³/mol. The summed E-state index contributed by atoms with van der Waals surface area (Å²) < 4.78 is 5.22. The zero-order chi connectivity index (χ0) is 12.2. The first-order chi connectivity index (χ1) is 7.42. The van der Waals surface area contributed by atoms with Crippen LogP contribution in [-0.4, -0.2) is 19.2 Å². The largest absolute Gasteiger partial charge is 0.496 e. The molecular formula is C13H22N2O. The number of aryl methyl sites for hydroxylation is 1. The lowest BCUT2D eigenvalue weighted by molar-refractivity contribution is 0.411. The van der Waals surface area contributed by atoms with Crippen LogP contribution < -0.4 is 15.8 Å². The molecule has 0 aliphatic heterocycles. The lowest BCUT2D eigenvalue weighted by Gasteiger charge is -2.19. The molecule has 3 nitrogen and oxygen atoms in total. The van der Waals surface area contributed by atoms with Gasteiger partial charge < -0.3 is 15.8 Å². The van der Waals surface area contributed by atoms with Crippen LogP contribution in [0.4, 0.5) is 0 Å². The van der Waals surface area contributed by atoms with Gasteiger partial charge in [0.25, 0.3) is 0 Å². The van der Waals surface area contributed by atoms with E-state index in [9.17, 15) is 0 Å². The number of nitrogens with one attached hydrogen (secondary N) is 1. The average molecular weight is 222 g/mol. The maximum atomic E-state index is 5.89. The van der Waals surface area contributed by atoms with Crippen molar-refractivity contribution in [3.05, 3.63) is 29.3 Å². The summed E-state index contributed by atoms with van der Waals surface area (Å²) in [5.41, 5.74) is 8.14. The van der Waals surface area contributed by atoms with E-state index in [1.165, 1.54) is 5.56 Å². The normalized spacial score (nSPS) is 11.6. The van der Waals surface area contributed by atoms with Crippen LogP contribution in [0.15, 0.2) is 18.2 Å². The fraction of sp³-hybridized carbons (Fsp3) is 0.538. The zero-order valence-electron chi connectivity index (χ0n) is 10.6. The first kappa shape index (κ1) is 13.0. The van der Waals surface area contributed by atoms with Gasteiger partial charge in [-0.2, -0.15) is 0 Å². The van der Waals surface area contributed by atoms with E-state index in [0.717, 1.165) is 24.4 Å². The Morgan fingerprint density at radius 1 is 1.38 bits per heavy atom. The number of nitrogens with two attached hydrogens (primary N) is 1. The molecule has 1 aromatic rings. The van der Waals surface area contributed by atoms with Crippen LogP contribution in [0.3, 0.4) is 0 Å². The quantitative estimate of drug-likeness (QED) is 0.799. The van der Waals surface area contributed by atoms with Crippen molar-refractivity contribution in [1.82, 2.24) is 5.32 Å². The van der Waals surface area contributed by atoms with Gasteiger partial charge in [0.15, 0.2) is 0 Å². The molecule has 3 heteroatoms. The second kappa shape index (κ2) is 5.32. The third-order valence-corrected chi connectivity index (χ3v) is 2.37. The third kappa shape index (κ3) is 4.21. The van der Waals surface area contributed by atoms with Crippen LogP contribution in [0.2, 0.25) is 0 Å². The van der Waals surface area contributed by atoms with E-state index in [2.05, 4.69) is 24.4 Å². The Hall–Kier alpha value is -1.06. The van der Waals surface area contributed by atoms with Crippen LogP contribution in [0, 0.1) is 6.92 Å². The number of rotatable bonds is 5. The van der Waals surface area contributed by atoms with E-state index >= 15 is 0 Å². The minimum absolute atomic E-state index is 0.165. The van der Waals surface area contributed by atoms with Crippen LogP contribution in [0.5, 0.6) is 5.75 Å². The number of benzene rings is 1. The summed E-state index contributed by atoms with van der Waals surface area (Å²) in [6.45, 7) is 7.72. The van der Waals surface area contributed by atoms with Gasteiger partial charge >= 0.3 is 0 Å². The molecule has 0 amide bonds. The van der Waals surface area contributed by atoms with Gasteiger partial charge in [0, 0.05) is 18.6 Å². The molecule has 0 aromatic heterocycles. The van der Waals surface area contributed by atoms with Crippen molar-refractivity contribution in [3.63, 3.8) is 0 Å². The van der Waals surface area contributed by atoms with Crippen molar-refractivity contribution in [2.75, 3.05) is 13.7 Å². The molecule has 0 atom stereocenters. The molecular weight excluding hydrogens is 200 g/mol. The summed E-state index contributed by atoms with van der Waals surface area (Å²) in [7, 11) is 1.69. The molecule has 0 saturated heterocycles. The fourth-order valence-corrected chi connectivity index (χ4v) is 1.58. The fourth-order valence-electron chi connectivity index (χ4n) is 1.58. The molecule has 1 aromatic carbocycles. The van der Waals surface area contributed by atoms with Crippen molar-refractivity contribution < 1.29 is 4.74 Å². The highest BCUT2D eigenvalue weighted by Gasteiger charge is 2.09. The van der Waals surface area contributed by atoms with Crippen molar-refractivity contribution in [3.8, 4) is 5.75 Å². The van der Waals surface area contributed by atoms with Crippen LogP contribution >= 0.6 is 0 Å². The minimum atomic E-state index is -0.165. The Morgan fingerprint density at radius 3 is 2.56 bits per heavy atom. The summed E-state index contributed by atoms with van der Waals surface area (Å²) in [5.74, 6) is 0.933. The van der Waals surface area contributed by atoms with Crippen LogP contribution in [0.1, 0.15) is 25.0 Å². The monoisotopic (exact) mass is 222 g/mol. The molecule has 1 rings (SSSR count). The van der Waals surface area contributed by atoms with E-state index in [1.807, 2.05) is 19.9 Å². The van der Waals surface area contributed by atoms with Crippen molar-refractivity contribution in [2.45, 2.75) is 32.9 Å². The lowest BCUT2D eigenvalue weighted by atomic mass is 10.1. The minimum Gasteiger partial charge on any atom is -0.496 e. The predicted octanol–water partition coefficient (Wildman–Crippen LogP) is 1.83. The maximum absolute atomic E-state index is 5.89. The molecule has 0 spiro atoms. The maximum Gasteiger partial charge on any atom is 0.121 e. The van der Waals surface area contributed by atoms with Crippen LogP contribution in [0.25, 0.3) is 0 Å². The molecule has 0 heterocycles. The highest BCUT2D eigenvalue weighted by atomic mass is 16.5. The number of ether oxygens (including phenoxy) is 1. The molecule has 0 bridgehead atoms.